The van der Waals surface area contributed by atoms with Crippen LogP contribution in [0.5, 0.6) is 0 Å². The molecule has 1 aromatic rings. The molecule has 4 nitrogen and oxygen atoms in total. The van der Waals surface area contributed by atoms with E-state index >= 15 is 0 Å². The highest BCUT2D eigenvalue weighted by Crippen LogP contribution is 2.33. The minimum absolute atomic E-state index is 0.0289. The predicted molar refractivity (Wildman–Crippen MR) is 91.1 cm³/mol. The minimum Gasteiger partial charge on any atom is -0.468 e. The Kier molecular flexibility index (Phi) is 5.34. The van der Waals surface area contributed by atoms with E-state index < -0.39 is 0 Å². The molecular weight excluding hydrogens is 288 g/mol. The smallest absolute Gasteiger partial charge is 0.326 e. The maximum Gasteiger partial charge on any atom is 0.326 e. The Labute approximate surface area is 139 Å². The lowest BCUT2D eigenvalue weighted by Crippen LogP contribution is -2.61. The van der Waals surface area contributed by atoms with Gasteiger partial charge in [0.2, 0.25) is 0 Å². The zero-order valence-corrected chi connectivity index (χ0v) is 14.2. The van der Waals surface area contributed by atoms with Gasteiger partial charge in [0.15, 0.2) is 0 Å². The zero-order chi connectivity index (χ0) is 16.1. The Bertz CT molecular complexity index is 503. The number of rotatable bonds is 4. The molecule has 0 unspecified atom stereocenters. The van der Waals surface area contributed by atoms with Gasteiger partial charge in [0, 0.05) is 19.6 Å². The number of likely N-dealkylation sites (tertiary alicyclic amines) is 2. The summed E-state index contributed by atoms with van der Waals surface area (Å²) >= 11 is 0. The molecule has 2 heterocycles. The van der Waals surface area contributed by atoms with Crippen molar-refractivity contribution in [3.8, 4) is 0 Å². The van der Waals surface area contributed by atoms with Crippen LogP contribution in [0.4, 0.5) is 0 Å². The molecule has 2 aliphatic rings. The van der Waals surface area contributed by atoms with Gasteiger partial charge in [-0.25, -0.2) is 0 Å². The van der Waals surface area contributed by atoms with Crippen LogP contribution in [0.15, 0.2) is 30.3 Å². The molecule has 126 valence electrons. The Morgan fingerprint density at radius 1 is 1.04 bits per heavy atom. The second-order valence-electron chi connectivity index (χ2n) is 6.83. The first-order valence-corrected chi connectivity index (χ1v) is 8.84. The molecule has 2 saturated heterocycles. The van der Waals surface area contributed by atoms with E-state index in [1.807, 2.05) is 0 Å². The number of carbonyl (C=O) groups excluding carboxylic acids is 1. The van der Waals surface area contributed by atoms with Gasteiger partial charge in [-0.05, 0) is 44.3 Å². The van der Waals surface area contributed by atoms with Gasteiger partial charge in [-0.3, -0.25) is 14.6 Å². The van der Waals surface area contributed by atoms with E-state index in [1.165, 1.54) is 31.9 Å². The van der Waals surface area contributed by atoms with E-state index in [9.17, 15) is 4.79 Å². The average Bonchev–Trinajstić information content (AvgIpc) is 2.63. The Morgan fingerprint density at radius 2 is 1.70 bits per heavy atom. The van der Waals surface area contributed by atoms with Crippen molar-refractivity contribution in [2.45, 2.75) is 44.2 Å². The molecule has 0 amide bonds. The van der Waals surface area contributed by atoms with Crippen LogP contribution in [-0.4, -0.2) is 54.6 Å². The van der Waals surface area contributed by atoms with Crippen LogP contribution in [0.25, 0.3) is 0 Å². The highest BCUT2D eigenvalue weighted by Gasteiger charge is 2.47. The van der Waals surface area contributed by atoms with Gasteiger partial charge in [-0.15, -0.1) is 0 Å². The van der Waals surface area contributed by atoms with Crippen molar-refractivity contribution in [1.29, 1.82) is 0 Å². The molecule has 0 N–H and O–H groups in total. The number of piperidine rings is 2. The second kappa shape index (κ2) is 7.45. The lowest BCUT2D eigenvalue weighted by Gasteiger charge is -2.48. The summed E-state index contributed by atoms with van der Waals surface area (Å²) in [5, 5.41) is 0. The SMILES string of the molecule is COC(=O)C1(N2CCCCC2)CCN(Cc2ccccc2)CC1. The van der Waals surface area contributed by atoms with E-state index in [2.05, 4.69) is 40.1 Å². The number of hydrogen-bond acceptors (Lipinski definition) is 4. The molecule has 3 rings (SSSR count). The summed E-state index contributed by atoms with van der Waals surface area (Å²) in [4.78, 5) is 17.4. The summed E-state index contributed by atoms with van der Waals surface area (Å²) in [6.07, 6.45) is 5.45. The first kappa shape index (κ1) is 16.5. The molecular formula is C19H28N2O2. The molecule has 4 heteroatoms. The molecule has 23 heavy (non-hydrogen) atoms. The summed E-state index contributed by atoms with van der Waals surface area (Å²) in [6, 6.07) is 10.6. The van der Waals surface area contributed by atoms with Crippen molar-refractivity contribution in [2.75, 3.05) is 33.3 Å². The van der Waals surface area contributed by atoms with Crippen LogP contribution in [0, 0.1) is 0 Å². The molecule has 0 radical (unpaired) electrons. The fourth-order valence-corrected chi connectivity index (χ4v) is 4.08. The van der Waals surface area contributed by atoms with Crippen LogP contribution in [0.1, 0.15) is 37.7 Å². The zero-order valence-electron chi connectivity index (χ0n) is 14.2. The lowest BCUT2D eigenvalue weighted by molar-refractivity contribution is -0.160. The first-order valence-electron chi connectivity index (χ1n) is 8.84. The van der Waals surface area contributed by atoms with Gasteiger partial charge in [-0.1, -0.05) is 36.8 Å². The molecule has 1 aromatic carbocycles. The molecule has 2 aliphatic heterocycles. The summed E-state index contributed by atoms with van der Waals surface area (Å²) in [7, 11) is 1.53. The predicted octanol–water partition coefficient (Wildman–Crippen LogP) is 2.68. The molecule has 0 atom stereocenters. The third-order valence-corrected chi connectivity index (χ3v) is 5.46. The molecule has 2 fully saturated rings. The van der Waals surface area contributed by atoms with Crippen molar-refractivity contribution in [1.82, 2.24) is 9.80 Å². The van der Waals surface area contributed by atoms with E-state index in [4.69, 9.17) is 4.74 Å². The number of methoxy groups -OCH3 is 1. The van der Waals surface area contributed by atoms with Crippen LogP contribution in [-0.2, 0) is 16.1 Å². The van der Waals surface area contributed by atoms with Crippen molar-refractivity contribution in [3.63, 3.8) is 0 Å². The summed E-state index contributed by atoms with van der Waals surface area (Å²) in [6.45, 7) is 4.96. The second-order valence-corrected chi connectivity index (χ2v) is 6.83. The highest BCUT2D eigenvalue weighted by atomic mass is 16.5. The standard InChI is InChI=1S/C19H28N2O2/c1-23-18(22)19(21-12-6-3-7-13-21)10-14-20(15-11-19)16-17-8-4-2-5-9-17/h2,4-5,8-9H,3,6-7,10-16H2,1H3. The third-order valence-electron chi connectivity index (χ3n) is 5.46. The van der Waals surface area contributed by atoms with Crippen molar-refractivity contribution in [2.24, 2.45) is 0 Å². The van der Waals surface area contributed by atoms with Crippen LogP contribution in [0.3, 0.4) is 0 Å². The van der Waals surface area contributed by atoms with Crippen molar-refractivity contribution in [3.05, 3.63) is 35.9 Å². The number of ether oxygens (including phenoxy) is 1. The fraction of sp³-hybridized carbons (Fsp3) is 0.632. The maximum atomic E-state index is 12.6. The van der Waals surface area contributed by atoms with E-state index in [0.29, 0.717) is 0 Å². The number of benzene rings is 1. The van der Waals surface area contributed by atoms with Crippen molar-refractivity contribution < 1.29 is 9.53 Å². The number of hydrogen-bond donors (Lipinski definition) is 0. The molecule has 0 aromatic heterocycles. The third kappa shape index (κ3) is 3.59. The Morgan fingerprint density at radius 3 is 2.30 bits per heavy atom. The van der Waals surface area contributed by atoms with Crippen LogP contribution < -0.4 is 0 Å². The summed E-state index contributed by atoms with van der Waals surface area (Å²) in [5.41, 5.74) is 0.957. The van der Waals surface area contributed by atoms with Gasteiger partial charge in [-0.2, -0.15) is 0 Å². The summed E-state index contributed by atoms with van der Waals surface area (Å²) in [5.74, 6) is -0.0289. The fourth-order valence-electron chi connectivity index (χ4n) is 4.08. The topological polar surface area (TPSA) is 32.8 Å². The Hall–Kier alpha value is -1.39. The number of nitrogens with zero attached hydrogens (tertiary/aromatic N) is 2. The van der Waals surface area contributed by atoms with E-state index in [1.54, 1.807) is 0 Å². The average molecular weight is 316 g/mol. The Balaban J connectivity index is 1.66. The van der Waals surface area contributed by atoms with Crippen LogP contribution in [0.2, 0.25) is 0 Å². The van der Waals surface area contributed by atoms with Gasteiger partial charge in [0.1, 0.15) is 5.54 Å². The quantitative estimate of drug-likeness (QED) is 0.800. The van der Waals surface area contributed by atoms with Crippen LogP contribution >= 0.6 is 0 Å². The van der Waals surface area contributed by atoms with E-state index in [0.717, 1.165) is 45.6 Å². The van der Waals surface area contributed by atoms with Gasteiger partial charge in [0.05, 0.1) is 7.11 Å². The number of carbonyl (C=O) groups is 1. The van der Waals surface area contributed by atoms with Crippen molar-refractivity contribution >= 4 is 5.97 Å². The van der Waals surface area contributed by atoms with E-state index in [-0.39, 0.29) is 11.5 Å². The normalized spacial score (nSPS) is 22.7. The molecule has 0 aliphatic carbocycles. The molecule has 0 saturated carbocycles. The van der Waals surface area contributed by atoms with Gasteiger partial charge < -0.3 is 4.74 Å². The molecule has 0 spiro atoms. The lowest BCUT2D eigenvalue weighted by atomic mass is 9.84. The first-order chi connectivity index (χ1) is 11.2. The monoisotopic (exact) mass is 316 g/mol. The van der Waals surface area contributed by atoms with Gasteiger partial charge in [0.25, 0.3) is 0 Å². The molecule has 0 bridgehead atoms. The highest BCUT2D eigenvalue weighted by molar-refractivity contribution is 5.81. The summed E-state index contributed by atoms with van der Waals surface area (Å²) < 4.78 is 5.20. The van der Waals surface area contributed by atoms with Gasteiger partial charge >= 0.3 is 5.97 Å². The number of esters is 1. The minimum atomic E-state index is -0.387. The largest absolute Gasteiger partial charge is 0.468 e. The maximum absolute atomic E-state index is 12.6.